The molecule has 2 aliphatic heterocycles. The number of amides is 2. The predicted molar refractivity (Wildman–Crippen MR) is 115 cm³/mol. The lowest BCUT2D eigenvalue weighted by Crippen LogP contribution is -2.53. The summed E-state index contributed by atoms with van der Waals surface area (Å²) in [5.74, 6) is 0.740. The number of piperidine rings is 1. The highest BCUT2D eigenvalue weighted by Crippen LogP contribution is 2.29. The quantitative estimate of drug-likeness (QED) is 0.725. The van der Waals surface area contributed by atoms with Crippen molar-refractivity contribution in [1.82, 2.24) is 20.4 Å². The van der Waals surface area contributed by atoms with Crippen LogP contribution in [0.1, 0.15) is 37.8 Å². The molecule has 2 N–H and O–H groups in total. The number of likely N-dealkylation sites (tertiary alicyclic amines) is 1. The van der Waals surface area contributed by atoms with Crippen molar-refractivity contribution in [2.45, 2.75) is 38.3 Å². The summed E-state index contributed by atoms with van der Waals surface area (Å²) < 4.78 is 5.51. The maximum Gasteiger partial charge on any atom is 0.244 e. The molecule has 2 fully saturated rings. The van der Waals surface area contributed by atoms with Crippen LogP contribution in [-0.4, -0.2) is 74.0 Å². The van der Waals surface area contributed by atoms with Crippen molar-refractivity contribution in [1.29, 1.82) is 0 Å². The van der Waals surface area contributed by atoms with Crippen LogP contribution < -0.4 is 15.4 Å². The Morgan fingerprint density at radius 3 is 2.66 bits per heavy atom. The van der Waals surface area contributed by atoms with Gasteiger partial charge in [0.1, 0.15) is 11.8 Å². The van der Waals surface area contributed by atoms with Crippen LogP contribution in [0.5, 0.6) is 5.75 Å². The molecule has 2 heterocycles. The lowest BCUT2D eigenvalue weighted by Gasteiger charge is -2.37. The fourth-order valence-electron chi connectivity index (χ4n) is 4.11. The topological polar surface area (TPSA) is 73.9 Å². The molecule has 3 rings (SSSR count). The van der Waals surface area contributed by atoms with Gasteiger partial charge in [0, 0.05) is 38.3 Å². The molecule has 7 nitrogen and oxygen atoms in total. The summed E-state index contributed by atoms with van der Waals surface area (Å²) in [5.41, 5.74) is 1.07. The fraction of sp³-hybridized carbons (Fsp3) is 0.619. The van der Waals surface area contributed by atoms with Crippen molar-refractivity contribution in [2.24, 2.45) is 0 Å². The van der Waals surface area contributed by atoms with E-state index < -0.39 is 6.04 Å². The standard InChI is InChI=1S/C21H32N4O3.ClH/c1-16(21(27)24-11-6-3-7-12-24)23-20(26)15-25-13-10-22-14-18(25)17-8-4-5-9-19(17)28-2;/h4-5,8-9,16,18,22H,3,6-7,10-15H2,1-2H3,(H,23,26);1H. The molecular formula is C21H33ClN4O3. The maximum absolute atomic E-state index is 12.7. The number of piperazine rings is 1. The summed E-state index contributed by atoms with van der Waals surface area (Å²) in [6.45, 7) is 6.01. The maximum atomic E-state index is 12.7. The summed E-state index contributed by atoms with van der Waals surface area (Å²) in [6, 6.07) is 7.50. The number of nitrogens with one attached hydrogen (secondary N) is 2. The Morgan fingerprint density at radius 1 is 1.21 bits per heavy atom. The number of benzene rings is 1. The van der Waals surface area contributed by atoms with Gasteiger partial charge in [-0.25, -0.2) is 0 Å². The zero-order chi connectivity index (χ0) is 19.9. The van der Waals surface area contributed by atoms with E-state index in [1.807, 2.05) is 29.2 Å². The monoisotopic (exact) mass is 424 g/mol. The lowest BCUT2D eigenvalue weighted by atomic mass is 10.0. The molecule has 0 aromatic heterocycles. The Hall–Kier alpha value is -1.83. The Balaban J connectivity index is 0.00000300. The van der Waals surface area contributed by atoms with Crippen molar-refractivity contribution < 1.29 is 14.3 Å². The summed E-state index contributed by atoms with van der Waals surface area (Å²) in [5, 5.41) is 6.30. The number of hydrogen-bond acceptors (Lipinski definition) is 5. The Morgan fingerprint density at radius 2 is 1.93 bits per heavy atom. The average molecular weight is 425 g/mol. The number of carbonyl (C=O) groups excluding carboxylic acids is 2. The number of nitrogens with zero attached hydrogens (tertiary/aromatic N) is 2. The minimum atomic E-state index is -0.488. The molecule has 0 saturated carbocycles. The van der Waals surface area contributed by atoms with Crippen molar-refractivity contribution in [2.75, 3.05) is 46.4 Å². The zero-order valence-corrected chi connectivity index (χ0v) is 18.2. The van der Waals surface area contributed by atoms with E-state index in [-0.39, 0.29) is 36.8 Å². The van der Waals surface area contributed by atoms with Crippen molar-refractivity contribution in [3.63, 3.8) is 0 Å². The van der Waals surface area contributed by atoms with Gasteiger partial charge in [-0.15, -0.1) is 12.4 Å². The van der Waals surface area contributed by atoms with E-state index in [9.17, 15) is 9.59 Å². The van der Waals surface area contributed by atoms with Gasteiger partial charge >= 0.3 is 0 Å². The molecule has 2 saturated heterocycles. The molecule has 0 radical (unpaired) electrons. The Bertz CT molecular complexity index is 682. The number of halogens is 1. The normalized spacial score (nSPS) is 21.0. The molecule has 2 amide bonds. The molecule has 1 aromatic carbocycles. The van der Waals surface area contributed by atoms with E-state index in [1.165, 1.54) is 6.42 Å². The second-order valence-corrected chi connectivity index (χ2v) is 7.61. The second-order valence-electron chi connectivity index (χ2n) is 7.61. The van der Waals surface area contributed by atoms with Gasteiger partial charge in [0.25, 0.3) is 0 Å². The largest absolute Gasteiger partial charge is 0.496 e. The molecule has 2 atom stereocenters. The molecule has 1 aromatic rings. The number of rotatable bonds is 6. The van der Waals surface area contributed by atoms with Crippen LogP contribution in [0.3, 0.4) is 0 Å². The first kappa shape index (κ1) is 23.4. The average Bonchev–Trinajstić information content (AvgIpc) is 2.74. The van der Waals surface area contributed by atoms with Gasteiger partial charge in [0.2, 0.25) is 11.8 Å². The third-order valence-electron chi connectivity index (χ3n) is 5.61. The third kappa shape index (κ3) is 6.07. The number of hydrogen-bond donors (Lipinski definition) is 2. The van der Waals surface area contributed by atoms with Gasteiger partial charge in [-0.05, 0) is 32.3 Å². The summed E-state index contributed by atoms with van der Waals surface area (Å²) >= 11 is 0. The van der Waals surface area contributed by atoms with E-state index >= 15 is 0 Å². The van der Waals surface area contributed by atoms with Crippen LogP contribution in [-0.2, 0) is 9.59 Å². The van der Waals surface area contributed by atoms with Crippen molar-refractivity contribution >= 4 is 24.2 Å². The van der Waals surface area contributed by atoms with Gasteiger partial charge in [0.15, 0.2) is 0 Å². The molecule has 0 aliphatic carbocycles. The molecule has 0 spiro atoms. The van der Waals surface area contributed by atoms with Gasteiger partial charge in [0.05, 0.1) is 19.7 Å². The van der Waals surface area contributed by atoms with E-state index in [2.05, 4.69) is 15.5 Å². The molecule has 29 heavy (non-hydrogen) atoms. The molecule has 162 valence electrons. The minimum Gasteiger partial charge on any atom is -0.496 e. The third-order valence-corrected chi connectivity index (χ3v) is 5.61. The SMILES string of the molecule is COc1ccccc1C1CNCCN1CC(=O)NC(C)C(=O)N1CCCCC1.Cl. The summed E-state index contributed by atoms with van der Waals surface area (Å²) in [4.78, 5) is 29.3. The van der Waals surface area contributed by atoms with Crippen LogP contribution in [0, 0.1) is 0 Å². The number of methoxy groups -OCH3 is 1. The van der Waals surface area contributed by atoms with Gasteiger partial charge in [-0.2, -0.15) is 0 Å². The molecule has 2 unspecified atom stereocenters. The Kier molecular flexibility index (Phi) is 9.20. The van der Waals surface area contributed by atoms with E-state index in [0.29, 0.717) is 0 Å². The van der Waals surface area contributed by atoms with Crippen LogP contribution in [0.15, 0.2) is 24.3 Å². The first-order chi connectivity index (χ1) is 13.6. The summed E-state index contributed by atoms with van der Waals surface area (Å²) in [6.07, 6.45) is 3.28. The first-order valence-corrected chi connectivity index (χ1v) is 10.3. The summed E-state index contributed by atoms with van der Waals surface area (Å²) in [7, 11) is 1.67. The van der Waals surface area contributed by atoms with E-state index in [1.54, 1.807) is 14.0 Å². The molecular weight excluding hydrogens is 392 g/mol. The number of para-hydroxylation sites is 1. The zero-order valence-electron chi connectivity index (χ0n) is 17.4. The molecule has 2 aliphatic rings. The highest BCUT2D eigenvalue weighted by molar-refractivity contribution is 5.88. The van der Waals surface area contributed by atoms with Crippen molar-refractivity contribution in [3.05, 3.63) is 29.8 Å². The predicted octanol–water partition coefficient (Wildman–Crippen LogP) is 1.58. The van der Waals surface area contributed by atoms with Crippen molar-refractivity contribution in [3.8, 4) is 5.75 Å². The number of carbonyl (C=O) groups is 2. The van der Waals surface area contributed by atoms with E-state index in [0.717, 1.165) is 56.9 Å². The van der Waals surface area contributed by atoms with Crippen LogP contribution in [0.4, 0.5) is 0 Å². The molecule has 8 heteroatoms. The van der Waals surface area contributed by atoms with Crippen LogP contribution in [0.25, 0.3) is 0 Å². The van der Waals surface area contributed by atoms with Crippen LogP contribution in [0.2, 0.25) is 0 Å². The number of ether oxygens (including phenoxy) is 1. The highest BCUT2D eigenvalue weighted by atomic mass is 35.5. The highest BCUT2D eigenvalue weighted by Gasteiger charge is 2.29. The Labute approximate surface area is 179 Å². The smallest absolute Gasteiger partial charge is 0.244 e. The lowest BCUT2D eigenvalue weighted by molar-refractivity contribution is -0.137. The van der Waals surface area contributed by atoms with Gasteiger partial charge < -0.3 is 20.3 Å². The van der Waals surface area contributed by atoms with Gasteiger partial charge in [-0.3, -0.25) is 14.5 Å². The molecule has 0 bridgehead atoms. The second kappa shape index (κ2) is 11.4. The van der Waals surface area contributed by atoms with E-state index in [4.69, 9.17) is 4.74 Å². The first-order valence-electron chi connectivity index (χ1n) is 10.3. The van der Waals surface area contributed by atoms with Crippen LogP contribution >= 0.6 is 12.4 Å². The minimum absolute atomic E-state index is 0. The fourth-order valence-corrected chi connectivity index (χ4v) is 4.11. The van der Waals surface area contributed by atoms with Gasteiger partial charge in [-0.1, -0.05) is 18.2 Å².